The lowest BCUT2D eigenvalue weighted by Gasteiger charge is -2.51. The van der Waals surface area contributed by atoms with Crippen molar-refractivity contribution >= 4 is 0 Å². The van der Waals surface area contributed by atoms with Gasteiger partial charge in [0.15, 0.2) is 0 Å². The minimum Gasteiger partial charge on any atom is -0.392 e. The Morgan fingerprint density at radius 2 is 2.00 bits per heavy atom. The van der Waals surface area contributed by atoms with Gasteiger partial charge in [-0.25, -0.2) is 0 Å². The van der Waals surface area contributed by atoms with Gasteiger partial charge in [0.1, 0.15) is 0 Å². The lowest BCUT2D eigenvalue weighted by molar-refractivity contribution is -0.106. The molecule has 0 amide bonds. The predicted octanol–water partition coefficient (Wildman–Crippen LogP) is -0.742. The predicted molar refractivity (Wildman–Crippen MR) is 43.1 cm³/mol. The summed E-state index contributed by atoms with van der Waals surface area (Å²) < 4.78 is 0. The van der Waals surface area contributed by atoms with Crippen LogP contribution in [0.1, 0.15) is 6.42 Å². The van der Waals surface area contributed by atoms with Gasteiger partial charge in [-0.1, -0.05) is 0 Å². The Morgan fingerprint density at radius 1 is 1.36 bits per heavy atom. The first-order chi connectivity index (χ1) is 5.31. The molecule has 2 saturated heterocycles. The first kappa shape index (κ1) is 7.53. The molecule has 3 heteroatoms. The molecule has 1 aliphatic carbocycles. The highest BCUT2D eigenvalue weighted by Gasteiger charge is 2.45. The zero-order chi connectivity index (χ0) is 7.84. The lowest BCUT2D eigenvalue weighted by Crippen LogP contribution is -2.58. The quantitative estimate of drug-likeness (QED) is 0.553. The minimum absolute atomic E-state index is 0.00373. The van der Waals surface area contributed by atoms with Crippen molar-refractivity contribution in [1.29, 1.82) is 0 Å². The second-order valence-corrected chi connectivity index (χ2v) is 3.79. The van der Waals surface area contributed by atoms with Crippen molar-refractivity contribution in [3.63, 3.8) is 0 Å². The molecule has 11 heavy (non-hydrogen) atoms. The molecule has 2 heterocycles. The van der Waals surface area contributed by atoms with Gasteiger partial charge in [-0.05, 0) is 18.3 Å². The number of nitrogens with two attached hydrogens (primary N) is 1. The number of hydrogen-bond acceptors (Lipinski definition) is 3. The van der Waals surface area contributed by atoms with E-state index in [9.17, 15) is 5.11 Å². The molecule has 3 atom stereocenters. The van der Waals surface area contributed by atoms with E-state index in [2.05, 4.69) is 4.90 Å². The number of piperidine rings is 2. The first-order valence-corrected chi connectivity index (χ1v) is 4.41. The molecule has 0 aromatic rings. The maximum Gasteiger partial charge on any atom is 0.0621 e. The molecule has 3 aliphatic rings. The fraction of sp³-hybridized carbons (Fsp3) is 1.00. The van der Waals surface area contributed by atoms with Gasteiger partial charge in [0, 0.05) is 26.2 Å². The van der Waals surface area contributed by atoms with Crippen molar-refractivity contribution in [3.05, 3.63) is 0 Å². The van der Waals surface area contributed by atoms with Crippen molar-refractivity contribution in [2.24, 2.45) is 17.6 Å². The fourth-order valence-electron chi connectivity index (χ4n) is 2.32. The maximum absolute atomic E-state index is 9.46. The van der Waals surface area contributed by atoms with Gasteiger partial charge >= 0.3 is 0 Å². The Kier molecular flexibility index (Phi) is 1.87. The number of fused-ring (bicyclic) bond motifs is 2. The van der Waals surface area contributed by atoms with Gasteiger partial charge in [-0.15, -0.1) is 0 Å². The number of aliphatic hydroxyl groups excluding tert-OH is 1. The van der Waals surface area contributed by atoms with E-state index in [1.165, 1.54) is 6.42 Å². The number of rotatable bonds is 2. The van der Waals surface area contributed by atoms with Crippen molar-refractivity contribution in [3.8, 4) is 0 Å². The van der Waals surface area contributed by atoms with Gasteiger partial charge < -0.3 is 15.7 Å². The summed E-state index contributed by atoms with van der Waals surface area (Å²) in [6.45, 7) is 3.87. The Morgan fingerprint density at radius 3 is 2.45 bits per heavy atom. The zero-order valence-corrected chi connectivity index (χ0v) is 6.74. The summed E-state index contributed by atoms with van der Waals surface area (Å²) in [6, 6.07) is 0. The minimum atomic E-state index is 0.00373. The second-order valence-electron chi connectivity index (χ2n) is 3.79. The van der Waals surface area contributed by atoms with Crippen LogP contribution in [0.3, 0.4) is 0 Å². The molecule has 0 aromatic carbocycles. The summed E-state index contributed by atoms with van der Waals surface area (Å²) in [6.07, 6.45) is 1.24. The van der Waals surface area contributed by atoms with E-state index < -0.39 is 0 Å². The van der Waals surface area contributed by atoms with E-state index in [1.54, 1.807) is 0 Å². The molecule has 3 rings (SSSR count). The van der Waals surface area contributed by atoms with Crippen LogP contribution < -0.4 is 5.73 Å². The molecule has 0 aromatic heterocycles. The highest BCUT2D eigenvalue weighted by Crippen LogP contribution is 2.39. The van der Waals surface area contributed by atoms with E-state index in [0.29, 0.717) is 11.8 Å². The summed E-state index contributed by atoms with van der Waals surface area (Å²) in [5.74, 6) is 1.11. The third-order valence-electron chi connectivity index (χ3n) is 3.00. The lowest BCUT2D eigenvalue weighted by atomic mass is 9.68. The Labute approximate surface area is 67.2 Å². The highest BCUT2D eigenvalue weighted by molar-refractivity contribution is 4.97. The summed E-state index contributed by atoms with van der Waals surface area (Å²) in [5.41, 5.74) is 5.45. The molecule has 0 radical (unpaired) electrons. The largest absolute Gasteiger partial charge is 0.392 e. The van der Waals surface area contributed by atoms with Crippen LogP contribution >= 0.6 is 0 Å². The smallest absolute Gasteiger partial charge is 0.0621 e. The summed E-state index contributed by atoms with van der Waals surface area (Å²) >= 11 is 0. The third kappa shape index (κ3) is 1.17. The van der Waals surface area contributed by atoms with Crippen molar-refractivity contribution in [2.75, 3.05) is 26.2 Å². The maximum atomic E-state index is 9.46. The molecule has 3 fully saturated rings. The van der Waals surface area contributed by atoms with Crippen molar-refractivity contribution in [2.45, 2.75) is 12.5 Å². The van der Waals surface area contributed by atoms with Crippen LogP contribution in [-0.2, 0) is 0 Å². The number of nitrogens with zero attached hydrogens (tertiary/aromatic N) is 1. The van der Waals surface area contributed by atoms with Crippen LogP contribution in [0.4, 0.5) is 0 Å². The topological polar surface area (TPSA) is 49.5 Å². The normalized spacial score (nSPS) is 43.6. The van der Waals surface area contributed by atoms with E-state index in [4.69, 9.17) is 5.73 Å². The molecule has 2 bridgehead atoms. The average Bonchev–Trinajstić information content (AvgIpc) is 2.05. The standard InChI is InChI=1S/C8H16N2O/c9-1-2-10-4-6-3-7(5-10)8(6)11/h6-8,11H,1-5,9H2/t6-,7+,8?. The van der Waals surface area contributed by atoms with E-state index in [0.717, 1.165) is 26.2 Å². The summed E-state index contributed by atoms with van der Waals surface area (Å²) in [7, 11) is 0. The van der Waals surface area contributed by atoms with Gasteiger partial charge in [-0.2, -0.15) is 0 Å². The summed E-state index contributed by atoms with van der Waals surface area (Å²) in [4.78, 5) is 2.37. The molecule has 3 N–H and O–H groups in total. The van der Waals surface area contributed by atoms with Crippen LogP contribution in [0.5, 0.6) is 0 Å². The molecule has 1 saturated carbocycles. The van der Waals surface area contributed by atoms with Gasteiger partial charge in [0.2, 0.25) is 0 Å². The molecular formula is C8H16N2O. The van der Waals surface area contributed by atoms with Crippen LogP contribution in [0.15, 0.2) is 0 Å². The molecular weight excluding hydrogens is 140 g/mol. The Balaban J connectivity index is 1.84. The molecule has 3 nitrogen and oxygen atoms in total. The second kappa shape index (κ2) is 2.73. The van der Waals surface area contributed by atoms with Gasteiger partial charge in [0.05, 0.1) is 6.10 Å². The average molecular weight is 156 g/mol. The van der Waals surface area contributed by atoms with Crippen LogP contribution in [0.2, 0.25) is 0 Å². The van der Waals surface area contributed by atoms with Crippen molar-refractivity contribution in [1.82, 2.24) is 4.90 Å². The van der Waals surface area contributed by atoms with Crippen LogP contribution in [0.25, 0.3) is 0 Å². The summed E-state index contributed by atoms with van der Waals surface area (Å²) in [5, 5.41) is 9.46. The highest BCUT2D eigenvalue weighted by atomic mass is 16.3. The molecule has 1 unspecified atom stereocenters. The van der Waals surface area contributed by atoms with Gasteiger partial charge in [0.25, 0.3) is 0 Å². The van der Waals surface area contributed by atoms with Crippen LogP contribution in [-0.4, -0.2) is 42.3 Å². The van der Waals surface area contributed by atoms with Gasteiger partial charge in [-0.3, -0.25) is 0 Å². The Bertz CT molecular complexity index is 139. The number of aliphatic hydroxyl groups is 1. The molecule has 64 valence electrons. The van der Waals surface area contributed by atoms with E-state index >= 15 is 0 Å². The molecule has 0 spiro atoms. The molecule has 2 aliphatic heterocycles. The third-order valence-corrected chi connectivity index (χ3v) is 3.00. The van der Waals surface area contributed by atoms with E-state index in [-0.39, 0.29) is 6.10 Å². The Hall–Kier alpha value is -0.120. The SMILES string of the molecule is NCCN1C[C@H]2C[C@@H](C1)C2O. The first-order valence-electron chi connectivity index (χ1n) is 4.41. The van der Waals surface area contributed by atoms with E-state index in [1.807, 2.05) is 0 Å². The zero-order valence-electron chi connectivity index (χ0n) is 6.74. The fourth-order valence-corrected chi connectivity index (χ4v) is 2.32. The number of hydrogen-bond donors (Lipinski definition) is 2. The van der Waals surface area contributed by atoms with Crippen LogP contribution in [0, 0.1) is 11.8 Å². The monoisotopic (exact) mass is 156 g/mol. The van der Waals surface area contributed by atoms with Crippen molar-refractivity contribution < 1.29 is 5.11 Å².